The fraction of sp³-hybridized carbons (Fsp3) is 0.188. The normalized spacial score (nSPS) is 11.0. The highest BCUT2D eigenvalue weighted by atomic mass is 32.2. The van der Waals surface area contributed by atoms with Crippen LogP contribution in [0.3, 0.4) is 0 Å². The van der Waals surface area contributed by atoms with E-state index in [1.54, 1.807) is 13.8 Å². The highest BCUT2D eigenvalue weighted by Crippen LogP contribution is 2.27. The fourth-order valence-corrected chi connectivity index (χ4v) is 3.12. The van der Waals surface area contributed by atoms with Crippen molar-refractivity contribution in [1.29, 1.82) is 0 Å². The van der Waals surface area contributed by atoms with Gasteiger partial charge in [0.2, 0.25) is 0 Å². The number of benzene rings is 2. The summed E-state index contributed by atoms with van der Waals surface area (Å²) >= 11 is 0. The van der Waals surface area contributed by atoms with Crippen LogP contribution in [0.25, 0.3) is 0 Å². The van der Waals surface area contributed by atoms with Crippen LogP contribution in [-0.2, 0) is 14.8 Å². The third-order valence-corrected chi connectivity index (χ3v) is 4.96. The highest BCUT2D eigenvalue weighted by Gasteiger charge is 2.16. The van der Waals surface area contributed by atoms with Crippen molar-refractivity contribution in [3.63, 3.8) is 0 Å². The summed E-state index contributed by atoms with van der Waals surface area (Å²) in [7, 11) is -2.58. The lowest BCUT2D eigenvalue weighted by atomic mass is 10.1. The minimum absolute atomic E-state index is 0.0289. The van der Waals surface area contributed by atoms with Gasteiger partial charge < -0.3 is 9.84 Å². The molecule has 0 heterocycles. The second kappa shape index (κ2) is 6.79. The minimum atomic E-state index is -3.81. The summed E-state index contributed by atoms with van der Waals surface area (Å²) in [4.78, 5) is 11.1. The maximum atomic E-state index is 12.4. The van der Waals surface area contributed by atoms with Crippen molar-refractivity contribution in [2.24, 2.45) is 0 Å². The summed E-state index contributed by atoms with van der Waals surface area (Å²) in [5.41, 5.74) is 1.83. The number of methoxy groups -OCH3 is 1. The number of rotatable bonds is 4. The standard InChI is InChI=1S/C16H18N2O5S/c1-10-11(2)15(19)9-8-14(10)18-24(21,22)13-6-4-12(5-7-13)17-16(20)23-3/h4-9,18-19H,1-3H3,(H,17,20)/p-1. The van der Waals surface area contributed by atoms with Gasteiger partial charge in [-0.1, -0.05) is 11.6 Å². The summed E-state index contributed by atoms with van der Waals surface area (Å²) in [5, 5.41) is 14.0. The van der Waals surface area contributed by atoms with Gasteiger partial charge in [0.15, 0.2) is 0 Å². The maximum absolute atomic E-state index is 12.4. The van der Waals surface area contributed by atoms with E-state index in [1.807, 2.05) is 0 Å². The van der Waals surface area contributed by atoms with Crippen LogP contribution in [0, 0.1) is 13.8 Å². The fourth-order valence-electron chi connectivity index (χ4n) is 2.00. The topological polar surface area (TPSA) is 108 Å². The zero-order valence-electron chi connectivity index (χ0n) is 13.4. The van der Waals surface area contributed by atoms with E-state index in [2.05, 4.69) is 14.8 Å². The van der Waals surface area contributed by atoms with Gasteiger partial charge in [-0.25, -0.2) is 13.2 Å². The molecule has 2 N–H and O–H groups in total. The van der Waals surface area contributed by atoms with Crippen LogP contribution in [0.2, 0.25) is 0 Å². The molecule has 7 nitrogen and oxygen atoms in total. The van der Waals surface area contributed by atoms with Crippen LogP contribution in [0.15, 0.2) is 41.3 Å². The SMILES string of the molecule is COC(=O)Nc1ccc(S(=O)(=O)Nc2ccc([O-])c(C)c2C)cc1. The summed E-state index contributed by atoms with van der Waals surface area (Å²) < 4.78 is 31.8. The molecule has 2 aromatic rings. The number of carbonyl (C=O) groups excluding carboxylic acids is 1. The Balaban J connectivity index is 2.25. The molecule has 2 rings (SSSR count). The van der Waals surface area contributed by atoms with Crippen LogP contribution in [0.4, 0.5) is 16.2 Å². The van der Waals surface area contributed by atoms with Gasteiger partial charge in [-0.05, 0) is 49.7 Å². The Labute approximate surface area is 140 Å². The van der Waals surface area contributed by atoms with E-state index < -0.39 is 16.1 Å². The van der Waals surface area contributed by atoms with E-state index in [0.29, 0.717) is 22.5 Å². The lowest BCUT2D eigenvalue weighted by molar-refractivity contribution is -0.269. The number of anilines is 2. The average molecular weight is 349 g/mol. The van der Waals surface area contributed by atoms with Gasteiger partial charge in [0.1, 0.15) is 0 Å². The minimum Gasteiger partial charge on any atom is -0.872 e. The molecule has 0 spiro atoms. The molecule has 1 amide bonds. The molecule has 128 valence electrons. The van der Waals surface area contributed by atoms with Crippen LogP contribution < -0.4 is 15.1 Å². The maximum Gasteiger partial charge on any atom is 0.411 e. The van der Waals surface area contributed by atoms with Gasteiger partial charge in [-0.2, -0.15) is 0 Å². The van der Waals surface area contributed by atoms with E-state index in [4.69, 9.17) is 0 Å². The molecule has 2 aromatic carbocycles. The Morgan fingerprint density at radius 1 is 1.04 bits per heavy atom. The molecule has 0 saturated carbocycles. The molecule has 0 radical (unpaired) electrons. The highest BCUT2D eigenvalue weighted by molar-refractivity contribution is 7.92. The van der Waals surface area contributed by atoms with Gasteiger partial charge in [-0.15, -0.1) is 5.75 Å². The van der Waals surface area contributed by atoms with Crippen molar-refractivity contribution in [2.45, 2.75) is 18.7 Å². The van der Waals surface area contributed by atoms with Crippen LogP contribution in [-0.4, -0.2) is 21.6 Å². The number of ether oxygens (including phenoxy) is 1. The van der Waals surface area contributed by atoms with Gasteiger partial charge in [-0.3, -0.25) is 10.0 Å². The van der Waals surface area contributed by atoms with E-state index in [9.17, 15) is 18.3 Å². The number of nitrogens with one attached hydrogen (secondary N) is 2. The average Bonchev–Trinajstić information content (AvgIpc) is 2.56. The molecule has 0 atom stereocenters. The lowest BCUT2D eigenvalue weighted by Crippen LogP contribution is -2.15. The molecule has 24 heavy (non-hydrogen) atoms. The molecule has 0 saturated heterocycles. The zero-order chi connectivity index (χ0) is 17.9. The molecule has 0 aliphatic carbocycles. The Kier molecular flexibility index (Phi) is 4.99. The molecule has 0 bridgehead atoms. The van der Waals surface area contributed by atoms with E-state index in [-0.39, 0.29) is 10.6 Å². The third kappa shape index (κ3) is 3.77. The molecular weight excluding hydrogens is 332 g/mol. The first-order valence-corrected chi connectivity index (χ1v) is 8.48. The second-order valence-corrected chi connectivity index (χ2v) is 6.79. The Bertz CT molecular complexity index is 861. The van der Waals surface area contributed by atoms with Gasteiger partial charge in [0.25, 0.3) is 10.0 Å². The van der Waals surface area contributed by atoms with Crippen molar-refractivity contribution in [3.05, 3.63) is 47.5 Å². The van der Waals surface area contributed by atoms with Crippen LogP contribution in [0.1, 0.15) is 11.1 Å². The Hall–Kier alpha value is -2.74. The summed E-state index contributed by atoms with van der Waals surface area (Å²) in [6, 6.07) is 8.38. The molecule has 0 aliphatic heterocycles. The summed E-state index contributed by atoms with van der Waals surface area (Å²) in [6.45, 7) is 3.32. The predicted octanol–water partition coefficient (Wildman–Crippen LogP) is 2.36. The second-order valence-electron chi connectivity index (χ2n) is 5.11. The summed E-state index contributed by atoms with van der Waals surface area (Å²) in [5.74, 6) is -0.145. The molecule has 8 heteroatoms. The largest absolute Gasteiger partial charge is 0.872 e. The molecular formula is C16H17N2O5S-. The molecule has 0 fully saturated rings. The number of amides is 1. The molecule has 0 aliphatic rings. The van der Waals surface area contributed by atoms with Crippen molar-refractivity contribution in [1.82, 2.24) is 0 Å². The van der Waals surface area contributed by atoms with Crippen LogP contribution >= 0.6 is 0 Å². The summed E-state index contributed by atoms with van der Waals surface area (Å²) in [6.07, 6.45) is -0.646. The zero-order valence-corrected chi connectivity index (χ0v) is 14.2. The van der Waals surface area contributed by atoms with Crippen molar-refractivity contribution in [3.8, 4) is 5.75 Å². The van der Waals surface area contributed by atoms with Gasteiger partial charge in [0.05, 0.1) is 17.7 Å². The van der Waals surface area contributed by atoms with E-state index in [0.717, 1.165) is 0 Å². The number of sulfonamides is 1. The monoisotopic (exact) mass is 349 g/mol. The first-order chi connectivity index (χ1) is 11.2. The van der Waals surface area contributed by atoms with Gasteiger partial charge in [0, 0.05) is 5.69 Å². The third-order valence-electron chi connectivity index (χ3n) is 3.58. The van der Waals surface area contributed by atoms with E-state index >= 15 is 0 Å². The number of carbonyl (C=O) groups is 1. The van der Waals surface area contributed by atoms with Crippen LogP contribution in [0.5, 0.6) is 5.75 Å². The van der Waals surface area contributed by atoms with Crippen molar-refractivity contribution >= 4 is 27.5 Å². The smallest absolute Gasteiger partial charge is 0.411 e. The van der Waals surface area contributed by atoms with Crippen molar-refractivity contribution < 1.29 is 23.1 Å². The Morgan fingerprint density at radius 2 is 1.67 bits per heavy atom. The lowest BCUT2D eigenvalue weighted by Gasteiger charge is -2.17. The quantitative estimate of drug-likeness (QED) is 0.881. The molecule has 0 unspecified atom stereocenters. The Morgan fingerprint density at radius 3 is 2.25 bits per heavy atom. The number of hydrogen-bond acceptors (Lipinski definition) is 5. The predicted molar refractivity (Wildman–Crippen MR) is 88.6 cm³/mol. The first-order valence-electron chi connectivity index (χ1n) is 6.99. The van der Waals surface area contributed by atoms with Gasteiger partial charge >= 0.3 is 6.09 Å². The number of hydrogen-bond donors (Lipinski definition) is 2. The molecule has 0 aromatic heterocycles. The first kappa shape index (κ1) is 17.6. The van der Waals surface area contributed by atoms with Crippen molar-refractivity contribution in [2.75, 3.05) is 17.1 Å². The van der Waals surface area contributed by atoms with E-state index in [1.165, 1.54) is 43.5 Å².